The summed E-state index contributed by atoms with van der Waals surface area (Å²) >= 11 is 3.81. The zero-order valence-electron chi connectivity index (χ0n) is 18.8. The molecular formula is C19H22N9O5S3+. The summed E-state index contributed by atoms with van der Waals surface area (Å²) in [7, 11) is 0. The molecule has 4 rings (SSSR count). The van der Waals surface area contributed by atoms with Crippen LogP contribution in [-0.2, 0) is 25.8 Å². The third kappa shape index (κ3) is 5.31. The number of aliphatic carboxylic acids is 1. The largest absolute Gasteiger partial charge is 0.477 e. The number of fused-ring (bicyclic) bond motifs is 1. The number of nitrogens with one attached hydrogen (secondary N) is 1. The van der Waals surface area contributed by atoms with Crippen LogP contribution < -0.4 is 27.3 Å². The van der Waals surface area contributed by atoms with Crippen molar-refractivity contribution < 1.29 is 29.0 Å². The molecule has 2 amide bonds. The molecule has 36 heavy (non-hydrogen) atoms. The van der Waals surface area contributed by atoms with Crippen LogP contribution in [0.4, 0.5) is 10.9 Å². The van der Waals surface area contributed by atoms with Crippen molar-refractivity contribution in [3.8, 4) is 0 Å². The minimum Gasteiger partial charge on any atom is -0.477 e. The standard InChI is InChI=1S/C19H21N9O5S3/c1-8-3-27(22)19(26-14(8)20)36-6-9-5-34-16-12(15(30)28(16)13(9)17(31)32)25-11(29)2-23-33-4-10-7-35-18(21)24-10/h2-3,7,12,16,20H,4-6,22H2,1H3,(H4,21,24,25,29,31,32)/p+1/b23-2-. The molecule has 1 fully saturated rings. The highest BCUT2D eigenvalue weighted by Gasteiger charge is 2.54. The molecule has 0 spiro atoms. The Balaban J connectivity index is 1.37. The average Bonchev–Trinajstić information content (AvgIpc) is 3.25. The van der Waals surface area contributed by atoms with E-state index >= 15 is 0 Å². The second-order valence-corrected chi connectivity index (χ2v) is 10.6. The molecule has 0 bridgehead atoms. The van der Waals surface area contributed by atoms with Crippen molar-refractivity contribution in [1.82, 2.24) is 20.2 Å². The van der Waals surface area contributed by atoms with Gasteiger partial charge in [-0.15, -0.1) is 27.8 Å². The molecule has 2 aromatic rings. The lowest BCUT2D eigenvalue weighted by Gasteiger charge is -2.49. The number of carboxylic acids is 1. The Morgan fingerprint density at radius 2 is 2.22 bits per heavy atom. The first-order valence-electron chi connectivity index (χ1n) is 10.3. The van der Waals surface area contributed by atoms with Crippen molar-refractivity contribution in [3.63, 3.8) is 0 Å². The maximum atomic E-state index is 12.8. The molecule has 17 heteroatoms. The van der Waals surface area contributed by atoms with Crippen molar-refractivity contribution in [3.05, 3.63) is 34.1 Å². The number of thiazole rings is 1. The van der Waals surface area contributed by atoms with Crippen LogP contribution in [-0.4, -0.2) is 66.9 Å². The molecule has 4 heterocycles. The van der Waals surface area contributed by atoms with E-state index in [0.29, 0.717) is 38.7 Å². The van der Waals surface area contributed by atoms with Gasteiger partial charge in [-0.05, 0) is 29.2 Å². The van der Waals surface area contributed by atoms with E-state index in [1.807, 2.05) is 0 Å². The van der Waals surface area contributed by atoms with E-state index in [9.17, 15) is 19.5 Å². The highest BCUT2D eigenvalue weighted by Crippen LogP contribution is 2.41. The number of rotatable bonds is 9. The topological polar surface area (TPSA) is 216 Å². The maximum absolute atomic E-state index is 12.8. The van der Waals surface area contributed by atoms with E-state index in [1.54, 1.807) is 18.5 Å². The lowest BCUT2D eigenvalue weighted by Crippen LogP contribution is -2.70. The Bertz CT molecular complexity index is 1280. The first kappa shape index (κ1) is 25.5. The Hall–Kier alpha value is -3.57. The highest BCUT2D eigenvalue weighted by atomic mass is 32.2. The molecule has 2 atom stereocenters. The lowest BCUT2D eigenvalue weighted by atomic mass is 10.0. The van der Waals surface area contributed by atoms with Gasteiger partial charge in [0.05, 0.1) is 11.3 Å². The normalized spacial score (nSPS) is 19.2. The molecule has 0 radical (unpaired) electrons. The average molecular weight is 553 g/mol. The summed E-state index contributed by atoms with van der Waals surface area (Å²) in [6, 6.07) is -0.888. The molecule has 0 saturated carbocycles. The smallest absolute Gasteiger partial charge is 0.384 e. The first-order chi connectivity index (χ1) is 17.2. The van der Waals surface area contributed by atoms with E-state index in [2.05, 4.69) is 20.4 Å². The lowest BCUT2D eigenvalue weighted by molar-refractivity contribution is -0.682. The van der Waals surface area contributed by atoms with Gasteiger partial charge in [0, 0.05) is 16.9 Å². The molecule has 2 aromatic heterocycles. The molecule has 8 N–H and O–H groups in total. The SMILES string of the molecule is Cc1c[n+](N)c(SCC2=C(C(=O)O)N3C(=O)C(NC(=O)/C=N\OCc4csc(N)n4)C3SC2)nc1N. The van der Waals surface area contributed by atoms with Crippen LogP contribution in [0.15, 0.2) is 33.2 Å². The molecule has 190 valence electrons. The summed E-state index contributed by atoms with van der Waals surface area (Å²) in [5.74, 6) is 4.42. The second-order valence-electron chi connectivity index (χ2n) is 7.63. The van der Waals surface area contributed by atoms with E-state index in [0.717, 1.165) is 6.21 Å². The quantitative estimate of drug-likeness (QED) is 0.0484. The highest BCUT2D eigenvalue weighted by molar-refractivity contribution is 8.01. The van der Waals surface area contributed by atoms with Crippen LogP contribution in [0.5, 0.6) is 0 Å². The summed E-state index contributed by atoms with van der Waals surface area (Å²) < 4.78 is 1.31. The van der Waals surface area contributed by atoms with E-state index in [1.165, 1.54) is 44.4 Å². The van der Waals surface area contributed by atoms with Gasteiger partial charge in [-0.1, -0.05) is 5.16 Å². The second kappa shape index (κ2) is 10.6. The van der Waals surface area contributed by atoms with Crippen LogP contribution in [0.1, 0.15) is 11.3 Å². The van der Waals surface area contributed by atoms with Crippen LogP contribution in [0.2, 0.25) is 0 Å². The van der Waals surface area contributed by atoms with Gasteiger partial charge in [-0.3, -0.25) is 20.3 Å². The number of hydrogen-bond acceptors (Lipinski definition) is 13. The Kier molecular flexibility index (Phi) is 7.51. The molecule has 0 aromatic carbocycles. The summed E-state index contributed by atoms with van der Waals surface area (Å²) in [5, 5.41) is 17.9. The fourth-order valence-corrected chi connectivity index (χ4v) is 6.33. The van der Waals surface area contributed by atoms with Gasteiger partial charge in [-0.2, -0.15) is 0 Å². The fourth-order valence-electron chi connectivity index (χ4n) is 3.40. The van der Waals surface area contributed by atoms with Crippen LogP contribution >= 0.6 is 34.9 Å². The predicted octanol–water partition coefficient (Wildman–Crippen LogP) is -0.954. The number of nitrogens with two attached hydrogens (primary N) is 3. The number of nitrogens with zero attached hydrogens (tertiary/aromatic N) is 5. The zero-order chi connectivity index (χ0) is 26.0. The number of thioether (sulfide) groups is 2. The number of amides is 2. The van der Waals surface area contributed by atoms with Crippen LogP contribution in [0, 0.1) is 6.92 Å². The van der Waals surface area contributed by atoms with Crippen molar-refractivity contribution in [1.29, 1.82) is 0 Å². The molecule has 1 saturated heterocycles. The Morgan fingerprint density at radius 1 is 1.44 bits per heavy atom. The Morgan fingerprint density at radius 3 is 2.92 bits per heavy atom. The maximum Gasteiger partial charge on any atom is 0.384 e. The number of aromatic nitrogens is 3. The van der Waals surface area contributed by atoms with Crippen molar-refractivity contribution >= 4 is 69.8 Å². The molecule has 14 nitrogen and oxygen atoms in total. The number of carbonyl (C=O) groups excluding carboxylic acids is 2. The van der Waals surface area contributed by atoms with E-state index in [-0.39, 0.29) is 18.1 Å². The number of carbonyl (C=O) groups is 3. The van der Waals surface area contributed by atoms with E-state index in [4.69, 9.17) is 22.1 Å². The van der Waals surface area contributed by atoms with Crippen LogP contribution in [0.3, 0.4) is 0 Å². The van der Waals surface area contributed by atoms with Crippen LogP contribution in [0.25, 0.3) is 0 Å². The molecular weight excluding hydrogens is 530 g/mol. The van der Waals surface area contributed by atoms with Gasteiger partial charge in [0.25, 0.3) is 11.8 Å². The molecule has 0 aliphatic carbocycles. The monoisotopic (exact) mass is 552 g/mol. The predicted molar refractivity (Wildman–Crippen MR) is 134 cm³/mol. The number of nitrogen functional groups attached to an aromatic ring is 3. The number of carboxylic acid groups (broad SMARTS) is 1. The Labute approximate surface area is 216 Å². The van der Waals surface area contributed by atoms with Gasteiger partial charge >= 0.3 is 11.1 Å². The molecule has 2 aliphatic heterocycles. The summed E-state index contributed by atoms with van der Waals surface area (Å²) in [5.41, 5.74) is 13.1. The first-order valence-corrected chi connectivity index (χ1v) is 13.2. The zero-order valence-corrected chi connectivity index (χ0v) is 21.2. The van der Waals surface area contributed by atoms with Gasteiger partial charge in [0.2, 0.25) is 5.82 Å². The van der Waals surface area contributed by atoms with Gasteiger partial charge in [-0.25, -0.2) is 9.78 Å². The van der Waals surface area contributed by atoms with Crippen molar-refractivity contribution in [2.24, 2.45) is 5.16 Å². The minimum absolute atomic E-state index is 0.0362. The van der Waals surface area contributed by atoms with Gasteiger partial charge < -0.3 is 26.7 Å². The van der Waals surface area contributed by atoms with Crippen molar-refractivity contribution in [2.75, 3.05) is 28.8 Å². The summed E-state index contributed by atoms with van der Waals surface area (Å²) in [6.45, 7) is 1.81. The number of anilines is 2. The van der Waals surface area contributed by atoms with Crippen molar-refractivity contribution in [2.45, 2.75) is 30.1 Å². The summed E-state index contributed by atoms with van der Waals surface area (Å²) in [6.07, 6.45) is 2.52. The number of hydrogen-bond donors (Lipinski definition) is 5. The molecule has 2 aliphatic rings. The third-order valence-electron chi connectivity index (χ3n) is 5.12. The number of aryl methyl sites for hydroxylation is 1. The van der Waals surface area contributed by atoms with Gasteiger partial charge in [0.1, 0.15) is 29.5 Å². The molecule has 2 unspecified atom stereocenters. The van der Waals surface area contributed by atoms with Gasteiger partial charge in [0.15, 0.2) is 11.7 Å². The third-order valence-corrected chi connectivity index (χ3v) is 8.24. The number of β-lactam (4-membered cyclic amide) rings is 1. The minimum atomic E-state index is -1.23. The fraction of sp³-hybridized carbons (Fsp3) is 0.316. The van der Waals surface area contributed by atoms with E-state index < -0.39 is 29.2 Å². The summed E-state index contributed by atoms with van der Waals surface area (Å²) in [4.78, 5) is 51.4. The number of oxime groups is 1.